The summed E-state index contributed by atoms with van der Waals surface area (Å²) < 4.78 is 0. The van der Waals surface area contributed by atoms with Gasteiger partial charge in [0.2, 0.25) is 11.8 Å². The first kappa shape index (κ1) is 21.7. The van der Waals surface area contributed by atoms with Gasteiger partial charge in [0.15, 0.2) is 0 Å². The van der Waals surface area contributed by atoms with Crippen molar-refractivity contribution in [3.05, 3.63) is 0 Å². The molecule has 0 aromatic heterocycles. The molecule has 8 heteroatoms. The molecule has 5 amide bonds. The van der Waals surface area contributed by atoms with E-state index in [0.29, 0.717) is 44.3 Å². The average molecular weight is 445 g/mol. The highest BCUT2D eigenvalue weighted by Crippen LogP contribution is 2.56. The summed E-state index contributed by atoms with van der Waals surface area (Å²) in [7, 11) is 0. The van der Waals surface area contributed by atoms with E-state index in [9.17, 15) is 19.2 Å². The highest BCUT2D eigenvalue weighted by Gasteiger charge is 2.58. The number of rotatable bonds is 3. The molecule has 0 aromatic rings. The van der Waals surface area contributed by atoms with Crippen LogP contribution in [0.4, 0.5) is 4.79 Å². The summed E-state index contributed by atoms with van der Waals surface area (Å²) in [6, 6.07) is -0.589. The summed E-state index contributed by atoms with van der Waals surface area (Å²) in [5, 5.41) is 2.97. The average Bonchev–Trinajstić information content (AvgIpc) is 3.47. The first-order valence-corrected chi connectivity index (χ1v) is 12.6. The predicted octanol–water partition coefficient (Wildman–Crippen LogP) is 1.98. The Morgan fingerprint density at radius 3 is 2.22 bits per heavy atom. The van der Waals surface area contributed by atoms with Crippen LogP contribution in [0.2, 0.25) is 0 Å². The molecule has 3 atom stereocenters. The van der Waals surface area contributed by atoms with Crippen molar-refractivity contribution in [3.8, 4) is 0 Å². The monoisotopic (exact) mass is 444 g/mol. The highest BCUT2D eigenvalue weighted by atomic mass is 16.2. The third-order valence-electron chi connectivity index (χ3n) is 8.63. The summed E-state index contributed by atoms with van der Waals surface area (Å²) in [6.45, 7) is 5.91. The van der Waals surface area contributed by atoms with Gasteiger partial charge in [0.25, 0.3) is 5.91 Å². The lowest BCUT2D eigenvalue weighted by Crippen LogP contribution is -2.57. The number of urea groups is 1. The zero-order valence-electron chi connectivity index (χ0n) is 19.3. The second kappa shape index (κ2) is 8.03. The molecule has 0 bridgehead atoms. The molecule has 1 spiro atoms. The first-order valence-electron chi connectivity index (χ1n) is 12.6. The van der Waals surface area contributed by atoms with Crippen LogP contribution in [0.5, 0.6) is 0 Å². The molecule has 3 saturated heterocycles. The summed E-state index contributed by atoms with van der Waals surface area (Å²) >= 11 is 0. The van der Waals surface area contributed by atoms with Crippen LogP contribution in [0.1, 0.15) is 65.2 Å². The number of fused-ring (bicyclic) bond motifs is 1. The number of imide groups is 1. The molecule has 3 aliphatic heterocycles. The van der Waals surface area contributed by atoms with E-state index in [4.69, 9.17) is 0 Å². The van der Waals surface area contributed by atoms with Crippen molar-refractivity contribution in [1.82, 2.24) is 20.0 Å². The fraction of sp³-hybridized carbons (Fsp3) is 0.833. The molecule has 2 saturated carbocycles. The van der Waals surface area contributed by atoms with E-state index in [1.165, 1.54) is 30.6 Å². The van der Waals surface area contributed by atoms with Gasteiger partial charge in [0.1, 0.15) is 5.54 Å². The number of likely N-dealkylation sites (tertiary alicyclic amines) is 2. The van der Waals surface area contributed by atoms with Gasteiger partial charge >= 0.3 is 6.03 Å². The van der Waals surface area contributed by atoms with Crippen LogP contribution in [-0.4, -0.2) is 76.2 Å². The van der Waals surface area contributed by atoms with Crippen molar-refractivity contribution in [1.29, 1.82) is 0 Å². The van der Waals surface area contributed by atoms with Crippen molar-refractivity contribution in [2.24, 2.45) is 23.7 Å². The molecule has 0 unspecified atom stereocenters. The molecule has 3 heterocycles. The molecule has 2 aliphatic carbocycles. The smallest absolute Gasteiger partial charge is 0.325 e. The largest absolute Gasteiger partial charge is 0.342 e. The minimum Gasteiger partial charge on any atom is -0.342 e. The van der Waals surface area contributed by atoms with E-state index in [1.807, 2.05) is 18.7 Å². The maximum Gasteiger partial charge on any atom is 0.325 e. The first-order chi connectivity index (χ1) is 15.3. The molecule has 5 aliphatic rings. The number of carbonyl (C=O) groups is 4. The molecular weight excluding hydrogens is 408 g/mol. The Hall–Kier alpha value is -2.12. The molecule has 0 aromatic carbocycles. The Morgan fingerprint density at radius 2 is 1.59 bits per heavy atom. The number of nitrogens with zero attached hydrogens (tertiary/aromatic N) is 3. The van der Waals surface area contributed by atoms with Crippen LogP contribution in [0.25, 0.3) is 0 Å². The maximum absolute atomic E-state index is 13.5. The van der Waals surface area contributed by atoms with Crippen LogP contribution in [-0.2, 0) is 14.4 Å². The summed E-state index contributed by atoms with van der Waals surface area (Å²) in [4.78, 5) is 57.0. The van der Waals surface area contributed by atoms with Crippen molar-refractivity contribution < 1.29 is 19.2 Å². The molecule has 5 fully saturated rings. The number of piperidine rings is 2. The van der Waals surface area contributed by atoms with Gasteiger partial charge in [-0.25, -0.2) is 4.79 Å². The lowest BCUT2D eigenvalue weighted by molar-refractivity contribution is -0.142. The maximum atomic E-state index is 13.5. The Morgan fingerprint density at radius 1 is 0.938 bits per heavy atom. The molecule has 8 nitrogen and oxygen atoms in total. The predicted molar refractivity (Wildman–Crippen MR) is 117 cm³/mol. The second-order valence-electron chi connectivity index (χ2n) is 10.9. The molecular formula is C24H36N4O4. The Labute approximate surface area is 190 Å². The number of nitrogens with one attached hydrogen (secondary N) is 1. The third-order valence-corrected chi connectivity index (χ3v) is 8.63. The van der Waals surface area contributed by atoms with Crippen molar-refractivity contribution in [2.75, 3.05) is 26.2 Å². The van der Waals surface area contributed by atoms with Gasteiger partial charge in [0, 0.05) is 38.0 Å². The fourth-order valence-corrected chi connectivity index (χ4v) is 6.72. The van der Waals surface area contributed by atoms with Gasteiger partial charge in [-0.3, -0.25) is 19.3 Å². The molecule has 176 valence electrons. The van der Waals surface area contributed by atoms with Crippen LogP contribution in [0, 0.1) is 23.7 Å². The lowest BCUT2D eigenvalue weighted by atomic mass is 9.86. The Kier molecular flexibility index (Phi) is 5.45. The van der Waals surface area contributed by atoms with Crippen molar-refractivity contribution in [2.45, 2.75) is 76.8 Å². The van der Waals surface area contributed by atoms with Gasteiger partial charge in [-0.05, 0) is 50.4 Å². The normalized spacial score (nSPS) is 34.0. The number of hydrogen-bond acceptors (Lipinski definition) is 4. The van der Waals surface area contributed by atoms with Gasteiger partial charge in [-0.15, -0.1) is 0 Å². The van der Waals surface area contributed by atoms with Crippen molar-refractivity contribution in [3.63, 3.8) is 0 Å². The zero-order valence-corrected chi connectivity index (χ0v) is 19.3. The molecule has 5 rings (SSSR count). The Balaban J connectivity index is 1.23. The van der Waals surface area contributed by atoms with E-state index >= 15 is 0 Å². The standard InChI is InChI=1S/C24H36N4O4/c1-15(2)20(29)26-12-9-24(10-13-26)22(31)28(23(32)25-24)16-6-5-11-27(14-16)21(30)19-17-7-3-4-8-18(17)19/h15-19H,3-14H2,1-2H3,(H,25,32)/t16-,17+,18+/m1/s1. The molecule has 32 heavy (non-hydrogen) atoms. The second-order valence-corrected chi connectivity index (χ2v) is 10.9. The van der Waals surface area contributed by atoms with E-state index in [-0.39, 0.29) is 41.6 Å². The van der Waals surface area contributed by atoms with Crippen LogP contribution < -0.4 is 5.32 Å². The van der Waals surface area contributed by atoms with Gasteiger partial charge < -0.3 is 15.1 Å². The summed E-state index contributed by atoms with van der Waals surface area (Å²) in [5.74, 6) is 1.40. The van der Waals surface area contributed by atoms with E-state index < -0.39 is 5.54 Å². The van der Waals surface area contributed by atoms with Gasteiger partial charge in [0.05, 0.1) is 6.04 Å². The van der Waals surface area contributed by atoms with Crippen LogP contribution in [0.15, 0.2) is 0 Å². The minimum atomic E-state index is -0.900. The Bertz CT molecular complexity index is 807. The van der Waals surface area contributed by atoms with Crippen LogP contribution >= 0.6 is 0 Å². The quantitative estimate of drug-likeness (QED) is 0.674. The molecule has 1 N–H and O–H groups in total. The van der Waals surface area contributed by atoms with Gasteiger partial charge in [-0.1, -0.05) is 26.7 Å². The highest BCUT2D eigenvalue weighted by molar-refractivity contribution is 6.07. The van der Waals surface area contributed by atoms with Gasteiger partial charge in [-0.2, -0.15) is 0 Å². The van der Waals surface area contributed by atoms with E-state index in [2.05, 4.69) is 5.32 Å². The lowest BCUT2D eigenvalue weighted by Gasteiger charge is -2.39. The van der Waals surface area contributed by atoms with Crippen LogP contribution in [0.3, 0.4) is 0 Å². The number of carbonyl (C=O) groups excluding carboxylic acids is 4. The molecule has 0 radical (unpaired) electrons. The van der Waals surface area contributed by atoms with Crippen molar-refractivity contribution >= 4 is 23.8 Å². The minimum absolute atomic E-state index is 0.0736. The zero-order chi connectivity index (χ0) is 22.6. The van der Waals surface area contributed by atoms with E-state index in [0.717, 1.165) is 19.4 Å². The summed E-state index contributed by atoms with van der Waals surface area (Å²) in [6.07, 6.45) is 7.28. The third kappa shape index (κ3) is 3.50. The summed E-state index contributed by atoms with van der Waals surface area (Å²) in [5.41, 5.74) is -0.900. The number of amides is 5. The van der Waals surface area contributed by atoms with E-state index in [1.54, 1.807) is 4.90 Å². The fourth-order valence-electron chi connectivity index (χ4n) is 6.72. The number of hydrogen-bond donors (Lipinski definition) is 1. The topological polar surface area (TPSA) is 90.0 Å². The SMILES string of the molecule is CC(C)C(=O)N1CCC2(CC1)NC(=O)N([C@@H]1CCCN(C(=O)C3[C@H]4CCCC[C@H]34)C1)C2=O.